The summed E-state index contributed by atoms with van der Waals surface area (Å²) in [5.74, 6) is -0.700. The van der Waals surface area contributed by atoms with Crippen LogP contribution in [0.4, 0.5) is 4.39 Å². The number of H-pyrrole nitrogens is 1. The molecule has 4 nitrogen and oxygen atoms in total. The second-order valence-electron chi connectivity index (χ2n) is 5.30. The molecule has 1 aliphatic heterocycles. The van der Waals surface area contributed by atoms with Crippen LogP contribution in [0.15, 0.2) is 28.4 Å². The molecule has 3 N–H and O–H groups in total. The topological polar surface area (TPSA) is 65.1 Å². The van der Waals surface area contributed by atoms with E-state index in [1.807, 2.05) is 17.5 Å². The van der Waals surface area contributed by atoms with Gasteiger partial charge in [0.15, 0.2) is 5.82 Å². The van der Waals surface area contributed by atoms with Gasteiger partial charge in [0.05, 0.1) is 5.52 Å². The zero-order valence-corrected chi connectivity index (χ0v) is 12.4. The summed E-state index contributed by atoms with van der Waals surface area (Å²) in [5, 5.41) is 16.6. The number of benzene rings is 1. The van der Waals surface area contributed by atoms with Crippen LogP contribution in [0, 0.1) is 5.82 Å². The molecule has 0 saturated heterocycles. The van der Waals surface area contributed by atoms with Crippen molar-refractivity contribution in [1.29, 1.82) is 0 Å². The number of aromatic nitrogens is 1. The fraction of sp³-hybridized carbons (Fsp3) is 0.188. The fourth-order valence-corrected chi connectivity index (χ4v) is 3.85. The Morgan fingerprint density at radius 2 is 2.23 bits per heavy atom. The smallest absolute Gasteiger partial charge is 0.266 e. The van der Waals surface area contributed by atoms with Gasteiger partial charge in [-0.15, -0.1) is 11.3 Å². The summed E-state index contributed by atoms with van der Waals surface area (Å²) in [5.41, 5.74) is 1.45. The van der Waals surface area contributed by atoms with E-state index >= 15 is 0 Å². The predicted octanol–water partition coefficient (Wildman–Crippen LogP) is 2.96. The van der Waals surface area contributed by atoms with E-state index in [2.05, 4.69) is 10.3 Å². The third kappa shape index (κ3) is 1.88. The average Bonchev–Trinajstić information content (AvgIpc) is 3.00. The van der Waals surface area contributed by atoms with E-state index in [4.69, 9.17) is 0 Å². The Balaban J connectivity index is 2.22. The van der Waals surface area contributed by atoms with Crippen molar-refractivity contribution >= 4 is 37.9 Å². The van der Waals surface area contributed by atoms with Gasteiger partial charge in [0.25, 0.3) is 5.56 Å². The molecule has 0 saturated carbocycles. The molecule has 0 bridgehead atoms. The number of aromatic amines is 1. The van der Waals surface area contributed by atoms with Crippen LogP contribution >= 0.6 is 11.3 Å². The summed E-state index contributed by atoms with van der Waals surface area (Å²) in [6, 6.07) is 2.89. The van der Waals surface area contributed by atoms with Gasteiger partial charge in [0, 0.05) is 28.9 Å². The molecular formula is C16H13FN2O2S. The first-order chi connectivity index (χ1) is 10.7. The Bertz CT molecular complexity index is 987. The number of hydrogen-bond acceptors (Lipinski definition) is 4. The molecule has 6 heteroatoms. The maximum Gasteiger partial charge on any atom is 0.266 e. The highest BCUT2D eigenvalue weighted by Gasteiger charge is 2.20. The van der Waals surface area contributed by atoms with Gasteiger partial charge >= 0.3 is 0 Å². The van der Waals surface area contributed by atoms with E-state index in [0.717, 1.165) is 24.6 Å². The van der Waals surface area contributed by atoms with Crippen LogP contribution in [0.1, 0.15) is 12.0 Å². The van der Waals surface area contributed by atoms with Crippen LogP contribution in [0.2, 0.25) is 0 Å². The fourth-order valence-electron chi connectivity index (χ4n) is 3.06. The quantitative estimate of drug-likeness (QED) is 0.647. The summed E-state index contributed by atoms with van der Waals surface area (Å²) in [6.07, 6.45) is 2.75. The molecule has 1 aromatic carbocycles. The second-order valence-corrected chi connectivity index (χ2v) is 6.22. The van der Waals surface area contributed by atoms with Crippen molar-refractivity contribution in [3.8, 4) is 5.75 Å². The number of phenolic OH excluding ortho intramolecular Hbond substituents is 1. The number of thiophene rings is 1. The van der Waals surface area contributed by atoms with Gasteiger partial charge in [0.2, 0.25) is 0 Å². The first-order valence-electron chi connectivity index (χ1n) is 7.01. The van der Waals surface area contributed by atoms with Crippen molar-refractivity contribution in [2.75, 3.05) is 13.1 Å². The molecule has 0 aliphatic carbocycles. The van der Waals surface area contributed by atoms with E-state index in [-0.39, 0.29) is 16.8 Å². The van der Waals surface area contributed by atoms with Gasteiger partial charge in [-0.05, 0) is 30.0 Å². The Labute approximate surface area is 128 Å². The number of nitrogens with one attached hydrogen (secondary N) is 2. The lowest BCUT2D eigenvalue weighted by Crippen LogP contribution is -2.20. The molecule has 3 heterocycles. The van der Waals surface area contributed by atoms with Crippen molar-refractivity contribution in [3.05, 3.63) is 45.3 Å². The molecule has 0 fully saturated rings. The number of phenols is 1. The molecule has 112 valence electrons. The minimum atomic E-state index is -0.615. The standard InChI is InChI=1S/C16H13FN2O2S/c17-10-7-11(20)12(8-1-4-18-5-2-8)13-9-3-6-22-15(9)16(21)19-14(10)13/h1,3,6-7,18,20H,2,4-5H2,(H,19,21). The second kappa shape index (κ2) is 4.93. The van der Waals surface area contributed by atoms with Crippen LogP contribution < -0.4 is 10.9 Å². The van der Waals surface area contributed by atoms with E-state index in [9.17, 15) is 14.3 Å². The Kier molecular flexibility index (Phi) is 3.02. The minimum absolute atomic E-state index is 0.0855. The summed E-state index contributed by atoms with van der Waals surface area (Å²) in [7, 11) is 0. The van der Waals surface area contributed by atoms with E-state index in [1.165, 1.54) is 11.3 Å². The number of fused-ring (bicyclic) bond motifs is 3. The Morgan fingerprint density at radius 3 is 3.00 bits per heavy atom. The zero-order valence-electron chi connectivity index (χ0n) is 11.6. The summed E-state index contributed by atoms with van der Waals surface area (Å²) >= 11 is 1.32. The SMILES string of the molecule is O=c1[nH]c2c(F)cc(O)c(C3=CCNCC3)c2c2ccsc12. The van der Waals surface area contributed by atoms with Gasteiger partial charge in [0.1, 0.15) is 10.4 Å². The maximum absolute atomic E-state index is 14.2. The van der Waals surface area contributed by atoms with Gasteiger partial charge < -0.3 is 15.4 Å². The van der Waals surface area contributed by atoms with Crippen molar-refractivity contribution in [2.24, 2.45) is 0 Å². The van der Waals surface area contributed by atoms with Gasteiger partial charge in [-0.3, -0.25) is 4.79 Å². The molecule has 2 aromatic heterocycles. The van der Waals surface area contributed by atoms with Crippen molar-refractivity contribution in [1.82, 2.24) is 10.3 Å². The largest absolute Gasteiger partial charge is 0.507 e. The number of rotatable bonds is 1. The maximum atomic E-state index is 14.2. The van der Waals surface area contributed by atoms with Crippen molar-refractivity contribution in [2.45, 2.75) is 6.42 Å². The van der Waals surface area contributed by atoms with Crippen LogP contribution in [-0.4, -0.2) is 23.2 Å². The van der Waals surface area contributed by atoms with E-state index in [1.54, 1.807) is 0 Å². The third-order valence-corrected chi connectivity index (χ3v) is 4.94. The lowest BCUT2D eigenvalue weighted by molar-refractivity contribution is 0.468. The lowest BCUT2D eigenvalue weighted by Gasteiger charge is -2.18. The minimum Gasteiger partial charge on any atom is -0.507 e. The third-order valence-electron chi connectivity index (χ3n) is 4.02. The lowest BCUT2D eigenvalue weighted by atomic mass is 9.93. The first kappa shape index (κ1) is 13.5. The number of aromatic hydroxyl groups is 1. The molecule has 0 unspecified atom stereocenters. The summed E-state index contributed by atoms with van der Waals surface area (Å²) in [4.78, 5) is 14.7. The van der Waals surface area contributed by atoms with Crippen LogP contribution in [0.3, 0.4) is 0 Å². The average molecular weight is 316 g/mol. The molecule has 3 aromatic rings. The Morgan fingerprint density at radius 1 is 1.36 bits per heavy atom. The molecular weight excluding hydrogens is 303 g/mol. The van der Waals surface area contributed by atoms with E-state index < -0.39 is 5.82 Å². The molecule has 0 radical (unpaired) electrons. The van der Waals surface area contributed by atoms with Gasteiger partial charge in [-0.2, -0.15) is 0 Å². The Hall–Kier alpha value is -2.18. The molecule has 0 spiro atoms. The highest BCUT2D eigenvalue weighted by atomic mass is 32.1. The van der Waals surface area contributed by atoms with Gasteiger partial charge in [-0.25, -0.2) is 4.39 Å². The highest BCUT2D eigenvalue weighted by molar-refractivity contribution is 7.17. The summed E-state index contributed by atoms with van der Waals surface area (Å²) < 4.78 is 14.8. The first-order valence-corrected chi connectivity index (χ1v) is 7.89. The number of hydrogen-bond donors (Lipinski definition) is 3. The molecule has 0 amide bonds. The van der Waals surface area contributed by atoms with Crippen LogP contribution in [0.5, 0.6) is 5.75 Å². The van der Waals surface area contributed by atoms with E-state index in [0.29, 0.717) is 27.6 Å². The normalized spacial score (nSPS) is 15.4. The van der Waals surface area contributed by atoms with Crippen molar-refractivity contribution in [3.63, 3.8) is 0 Å². The van der Waals surface area contributed by atoms with Crippen LogP contribution in [0.25, 0.3) is 26.6 Å². The zero-order chi connectivity index (χ0) is 15.3. The monoisotopic (exact) mass is 316 g/mol. The molecule has 0 atom stereocenters. The number of pyridine rings is 1. The van der Waals surface area contributed by atoms with Crippen LogP contribution in [-0.2, 0) is 0 Å². The predicted molar refractivity (Wildman–Crippen MR) is 87.0 cm³/mol. The van der Waals surface area contributed by atoms with Crippen molar-refractivity contribution < 1.29 is 9.50 Å². The highest BCUT2D eigenvalue weighted by Crippen LogP contribution is 2.39. The van der Waals surface area contributed by atoms with Gasteiger partial charge in [-0.1, -0.05) is 6.08 Å². The summed E-state index contributed by atoms with van der Waals surface area (Å²) in [6.45, 7) is 1.52. The number of halogens is 1. The molecule has 22 heavy (non-hydrogen) atoms. The molecule has 4 rings (SSSR count). The molecule has 1 aliphatic rings.